The zero-order chi connectivity index (χ0) is 27.9. The monoisotopic (exact) mass is 543 g/mol. The quantitative estimate of drug-likeness (QED) is 0.308. The Morgan fingerprint density at radius 1 is 1.02 bits per heavy atom. The second-order valence-corrected chi connectivity index (χ2v) is 9.66. The average Bonchev–Trinajstić information content (AvgIpc) is 3.67. The molecular weight excluding hydrogens is 510 g/mol. The molecule has 1 fully saturated rings. The van der Waals surface area contributed by atoms with E-state index >= 15 is 0 Å². The molecule has 40 heavy (non-hydrogen) atoms. The molecule has 0 spiro atoms. The van der Waals surface area contributed by atoms with Crippen LogP contribution in [0.4, 0.5) is 0 Å². The summed E-state index contributed by atoms with van der Waals surface area (Å²) >= 11 is 0. The van der Waals surface area contributed by atoms with Crippen LogP contribution in [0.15, 0.2) is 72.8 Å². The average molecular weight is 544 g/mol. The molecule has 2 atom stereocenters. The summed E-state index contributed by atoms with van der Waals surface area (Å²) in [4.78, 5) is 29.5. The van der Waals surface area contributed by atoms with Gasteiger partial charge in [-0.3, -0.25) is 9.59 Å². The van der Waals surface area contributed by atoms with Crippen LogP contribution < -0.4 is 14.8 Å². The number of amides is 2. The zero-order valence-electron chi connectivity index (χ0n) is 22.7. The van der Waals surface area contributed by atoms with Gasteiger partial charge in [0.15, 0.2) is 0 Å². The first kappa shape index (κ1) is 27.1. The third-order valence-electron chi connectivity index (χ3n) is 7.06. The van der Waals surface area contributed by atoms with Gasteiger partial charge in [0, 0.05) is 19.7 Å². The third-order valence-corrected chi connectivity index (χ3v) is 7.06. The highest BCUT2D eigenvalue weighted by molar-refractivity contribution is 5.89. The van der Waals surface area contributed by atoms with Crippen molar-refractivity contribution >= 4 is 22.8 Å². The summed E-state index contributed by atoms with van der Waals surface area (Å²) in [5.74, 6) is 0.798. The summed E-state index contributed by atoms with van der Waals surface area (Å²) in [6.07, 6.45) is 1.82. The van der Waals surface area contributed by atoms with E-state index < -0.39 is 6.04 Å². The van der Waals surface area contributed by atoms with Gasteiger partial charge in [0.25, 0.3) is 0 Å². The number of benzene rings is 3. The summed E-state index contributed by atoms with van der Waals surface area (Å²) in [6, 6.07) is 21.2. The van der Waals surface area contributed by atoms with Crippen LogP contribution in [0.1, 0.15) is 30.0 Å². The van der Waals surface area contributed by atoms with Gasteiger partial charge in [-0.05, 0) is 60.4 Å². The lowest BCUT2D eigenvalue weighted by atomic mass is 10.0. The molecule has 1 aromatic heterocycles. The predicted molar refractivity (Wildman–Crippen MR) is 149 cm³/mol. The number of ether oxygens (including phenoxy) is 3. The van der Waals surface area contributed by atoms with Crippen molar-refractivity contribution in [3.63, 3.8) is 0 Å². The number of nitrogens with zero attached hydrogens (tertiary/aromatic N) is 4. The first-order valence-corrected chi connectivity index (χ1v) is 13.3. The Hall–Kier alpha value is -4.44. The lowest BCUT2D eigenvalue weighted by Crippen LogP contribution is -2.46. The van der Waals surface area contributed by atoms with E-state index in [0.717, 1.165) is 23.9 Å². The molecule has 208 valence electrons. The number of methoxy groups -OCH3 is 2. The number of fused-ring (bicyclic) bond motifs is 1. The van der Waals surface area contributed by atoms with Crippen molar-refractivity contribution in [2.75, 3.05) is 27.4 Å². The fourth-order valence-corrected chi connectivity index (χ4v) is 4.88. The number of hydrogen-bond acceptors (Lipinski definition) is 7. The Morgan fingerprint density at radius 3 is 2.40 bits per heavy atom. The molecule has 0 radical (unpaired) electrons. The standard InChI is InChI=1S/C30H33N5O5/c1-38-23-13-9-21(10-14-23)19-34(28(36)20-35-27-8-4-3-7-26(27)32-33-35)29(22-11-15-24(39-2)16-12-22)30(37)31-18-25-6-5-17-40-25/h3-4,7-16,25,29H,5-6,17-20H2,1-2H3,(H,31,37)/t25-,29-/m1/s1. The summed E-state index contributed by atoms with van der Waals surface area (Å²) in [5, 5.41) is 11.4. The van der Waals surface area contributed by atoms with E-state index in [0.29, 0.717) is 35.7 Å². The van der Waals surface area contributed by atoms with Crippen LogP contribution in [0.5, 0.6) is 11.5 Å². The van der Waals surface area contributed by atoms with Gasteiger partial charge >= 0.3 is 0 Å². The molecule has 1 saturated heterocycles. The van der Waals surface area contributed by atoms with E-state index in [1.807, 2.05) is 60.7 Å². The Labute approximate surface area is 232 Å². The number of para-hydroxylation sites is 1. The third kappa shape index (κ3) is 6.23. The Kier molecular flexibility index (Phi) is 8.56. The van der Waals surface area contributed by atoms with Crippen LogP contribution in [0.3, 0.4) is 0 Å². The second kappa shape index (κ2) is 12.6. The summed E-state index contributed by atoms with van der Waals surface area (Å²) < 4.78 is 17.9. The molecule has 1 aliphatic rings. The van der Waals surface area contributed by atoms with Gasteiger partial charge in [-0.1, -0.05) is 41.6 Å². The fourth-order valence-electron chi connectivity index (χ4n) is 4.88. The number of aromatic nitrogens is 3. The molecule has 0 aliphatic carbocycles. The number of nitrogens with one attached hydrogen (secondary N) is 1. The van der Waals surface area contributed by atoms with Crippen LogP contribution in [0, 0.1) is 0 Å². The van der Waals surface area contributed by atoms with Crippen LogP contribution >= 0.6 is 0 Å². The van der Waals surface area contributed by atoms with E-state index in [4.69, 9.17) is 14.2 Å². The van der Waals surface area contributed by atoms with E-state index in [-0.39, 0.29) is 31.0 Å². The molecule has 0 bridgehead atoms. The zero-order valence-corrected chi connectivity index (χ0v) is 22.7. The molecule has 2 amide bonds. The van der Waals surface area contributed by atoms with Crippen molar-refractivity contribution in [2.24, 2.45) is 0 Å². The van der Waals surface area contributed by atoms with Gasteiger partial charge in [0.05, 0.1) is 25.8 Å². The minimum absolute atomic E-state index is 0.0345. The molecule has 0 unspecified atom stereocenters. The smallest absolute Gasteiger partial charge is 0.247 e. The molecule has 0 saturated carbocycles. The number of carbonyl (C=O) groups excluding carboxylic acids is 2. The maximum atomic E-state index is 14.1. The largest absolute Gasteiger partial charge is 0.497 e. The molecule has 1 N–H and O–H groups in total. The fraction of sp³-hybridized carbons (Fsp3) is 0.333. The highest BCUT2D eigenvalue weighted by Gasteiger charge is 2.33. The number of rotatable bonds is 11. The van der Waals surface area contributed by atoms with Crippen LogP contribution in [0.25, 0.3) is 11.0 Å². The minimum Gasteiger partial charge on any atom is -0.497 e. The van der Waals surface area contributed by atoms with Crippen molar-refractivity contribution in [1.82, 2.24) is 25.2 Å². The van der Waals surface area contributed by atoms with Gasteiger partial charge < -0.3 is 24.4 Å². The van der Waals surface area contributed by atoms with E-state index in [1.165, 1.54) is 0 Å². The van der Waals surface area contributed by atoms with Crippen molar-refractivity contribution in [3.8, 4) is 11.5 Å². The molecule has 5 rings (SSSR count). The molecule has 10 nitrogen and oxygen atoms in total. The van der Waals surface area contributed by atoms with Gasteiger partial charge in [-0.15, -0.1) is 5.10 Å². The van der Waals surface area contributed by atoms with Crippen molar-refractivity contribution in [3.05, 3.63) is 83.9 Å². The van der Waals surface area contributed by atoms with Gasteiger partial charge in [0.1, 0.15) is 29.6 Å². The SMILES string of the molecule is COc1ccc(CN(C(=O)Cn2nnc3ccccc32)[C@@H](C(=O)NC[C@H]2CCCO2)c2ccc(OC)cc2)cc1. The highest BCUT2D eigenvalue weighted by atomic mass is 16.5. The van der Waals surface area contributed by atoms with Crippen LogP contribution in [-0.4, -0.2) is 65.2 Å². The molecule has 3 aromatic carbocycles. The van der Waals surface area contributed by atoms with Gasteiger partial charge in [-0.2, -0.15) is 0 Å². The van der Waals surface area contributed by atoms with E-state index in [1.54, 1.807) is 35.9 Å². The Morgan fingerprint density at radius 2 is 1.73 bits per heavy atom. The molecule has 2 heterocycles. The summed E-state index contributed by atoms with van der Waals surface area (Å²) in [5.41, 5.74) is 2.95. The highest BCUT2D eigenvalue weighted by Crippen LogP contribution is 2.27. The Balaban J connectivity index is 1.49. The first-order chi connectivity index (χ1) is 19.6. The first-order valence-electron chi connectivity index (χ1n) is 13.3. The maximum Gasteiger partial charge on any atom is 0.247 e. The maximum absolute atomic E-state index is 14.1. The molecular formula is C30H33N5O5. The van der Waals surface area contributed by atoms with Crippen molar-refractivity contribution in [1.29, 1.82) is 0 Å². The minimum atomic E-state index is -0.906. The van der Waals surface area contributed by atoms with Crippen molar-refractivity contribution < 1.29 is 23.8 Å². The number of hydrogen-bond donors (Lipinski definition) is 1. The van der Waals surface area contributed by atoms with Crippen LogP contribution in [0.2, 0.25) is 0 Å². The van der Waals surface area contributed by atoms with E-state index in [2.05, 4.69) is 15.6 Å². The van der Waals surface area contributed by atoms with Crippen LogP contribution in [-0.2, 0) is 27.4 Å². The molecule has 4 aromatic rings. The topological polar surface area (TPSA) is 108 Å². The van der Waals surface area contributed by atoms with E-state index in [9.17, 15) is 9.59 Å². The molecule has 10 heteroatoms. The molecule has 1 aliphatic heterocycles. The summed E-state index contributed by atoms with van der Waals surface area (Å²) in [7, 11) is 3.19. The van der Waals surface area contributed by atoms with Crippen molar-refractivity contribution in [2.45, 2.75) is 38.1 Å². The van der Waals surface area contributed by atoms with Gasteiger partial charge in [0.2, 0.25) is 11.8 Å². The lowest BCUT2D eigenvalue weighted by Gasteiger charge is -2.32. The normalized spacial score (nSPS) is 15.5. The van der Waals surface area contributed by atoms with Gasteiger partial charge in [-0.25, -0.2) is 4.68 Å². The predicted octanol–water partition coefficient (Wildman–Crippen LogP) is 3.51. The number of carbonyl (C=O) groups is 2. The Bertz CT molecular complexity index is 1430. The summed E-state index contributed by atoms with van der Waals surface area (Å²) in [6.45, 7) is 1.18. The lowest BCUT2D eigenvalue weighted by molar-refractivity contribution is -0.142. The second-order valence-electron chi connectivity index (χ2n) is 9.66.